The molecule has 1 unspecified atom stereocenters. The lowest BCUT2D eigenvalue weighted by Gasteiger charge is -2.10. The molecule has 1 atom stereocenters. The molecule has 114 valence electrons. The van der Waals surface area contributed by atoms with Crippen molar-refractivity contribution < 1.29 is 13.2 Å². The second-order valence-corrected chi connectivity index (χ2v) is 6.99. The van der Waals surface area contributed by atoms with Crippen LogP contribution in [0.3, 0.4) is 0 Å². The van der Waals surface area contributed by atoms with Crippen LogP contribution in [0.1, 0.15) is 32.4 Å². The van der Waals surface area contributed by atoms with E-state index in [4.69, 9.17) is 10.5 Å². The Labute approximate surface area is 121 Å². The third-order valence-electron chi connectivity index (χ3n) is 2.71. The van der Waals surface area contributed by atoms with Crippen molar-refractivity contribution in [1.82, 2.24) is 4.72 Å². The summed E-state index contributed by atoms with van der Waals surface area (Å²) in [5.74, 6) is 0.442. The van der Waals surface area contributed by atoms with Gasteiger partial charge in [0.15, 0.2) is 0 Å². The van der Waals surface area contributed by atoms with E-state index in [0.29, 0.717) is 19.1 Å². The third kappa shape index (κ3) is 5.58. The summed E-state index contributed by atoms with van der Waals surface area (Å²) in [4.78, 5) is 0.241. The monoisotopic (exact) mass is 300 g/mol. The van der Waals surface area contributed by atoms with E-state index in [-0.39, 0.29) is 17.5 Å². The molecule has 0 amide bonds. The van der Waals surface area contributed by atoms with Crippen molar-refractivity contribution in [3.05, 3.63) is 29.8 Å². The lowest BCUT2D eigenvalue weighted by molar-refractivity contribution is 0.114. The summed E-state index contributed by atoms with van der Waals surface area (Å²) in [5.41, 5.74) is 6.64. The van der Waals surface area contributed by atoms with Crippen molar-refractivity contribution in [2.24, 2.45) is 11.7 Å². The summed E-state index contributed by atoms with van der Waals surface area (Å²) in [7, 11) is -3.47. The fourth-order valence-corrected chi connectivity index (χ4v) is 2.61. The summed E-state index contributed by atoms with van der Waals surface area (Å²) in [6, 6.07) is 6.48. The third-order valence-corrected chi connectivity index (χ3v) is 4.18. The summed E-state index contributed by atoms with van der Waals surface area (Å²) in [6.07, 6.45) is 0. The van der Waals surface area contributed by atoms with Gasteiger partial charge in [0.1, 0.15) is 0 Å². The Hall–Kier alpha value is -0.950. The quantitative estimate of drug-likeness (QED) is 0.715. The van der Waals surface area contributed by atoms with Gasteiger partial charge in [-0.1, -0.05) is 26.0 Å². The molecule has 1 aromatic carbocycles. The number of benzene rings is 1. The average Bonchev–Trinajstić information content (AvgIpc) is 2.38. The minimum Gasteiger partial charge on any atom is -0.380 e. The van der Waals surface area contributed by atoms with Crippen LogP contribution in [0.2, 0.25) is 0 Å². The molecule has 5 nitrogen and oxygen atoms in total. The molecule has 0 radical (unpaired) electrons. The Bertz CT molecular complexity index is 496. The van der Waals surface area contributed by atoms with Gasteiger partial charge in [-0.15, -0.1) is 0 Å². The predicted octanol–water partition coefficient (Wildman–Crippen LogP) is 1.66. The molecule has 0 saturated heterocycles. The fraction of sp³-hybridized carbons (Fsp3) is 0.571. The number of nitrogens with one attached hydrogen (secondary N) is 1. The van der Waals surface area contributed by atoms with E-state index < -0.39 is 10.0 Å². The van der Waals surface area contributed by atoms with Crippen LogP contribution >= 0.6 is 0 Å². The summed E-state index contributed by atoms with van der Waals surface area (Å²) in [6.45, 7) is 7.21. The van der Waals surface area contributed by atoms with Gasteiger partial charge in [-0.05, 0) is 30.5 Å². The average molecular weight is 300 g/mol. The van der Waals surface area contributed by atoms with Crippen LogP contribution in [0.15, 0.2) is 29.2 Å². The van der Waals surface area contributed by atoms with Crippen molar-refractivity contribution in [2.45, 2.75) is 31.7 Å². The molecule has 1 rings (SSSR count). The summed E-state index contributed by atoms with van der Waals surface area (Å²) in [5, 5.41) is 0. The normalized spacial score (nSPS) is 13.7. The molecule has 6 heteroatoms. The zero-order chi connectivity index (χ0) is 15.2. The number of hydrogen-bond donors (Lipinski definition) is 2. The van der Waals surface area contributed by atoms with Crippen molar-refractivity contribution in [1.29, 1.82) is 0 Å². The molecule has 0 aliphatic rings. The highest BCUT2D eigenvalue weighted by molar-refractivity contribution is 7.89. The maximum Gasteiger partial charge on any atom is 0.240 e. The highest BCUT2D eigenvalue weighted by Crippen LogP contribution is 2.14. The Kier molecular flexibility index (Phi) is 6.61. The molecule has 0 heterocycles. The van der Waals surface area contributed by atoms with Gasteiger partial charge in [-0.25, -0.2) is 13.1 Å². The van der Waals surface area contributed by atoms with Gasteiger partial charge in [0.25, 0.3) is 0 Å². The highest BCUT2D eigenvalue weighted by atomic mass is 32.2. The molecule has 1 aromatic rings. The van der Waals surface area contributed by atoms with E-state index in [0.717, 1.165) is 5.56 Å². The molecule has 0 aliphatic carbocycles. The first-order chi connectivity index (χ1) is 9.33. The Morgan fingerprint density at radius 1 is 1.20 bits per heavy atom. The first-order valence-corrected chi connectivity index (χ1v) is 8.24. The molecule has 20 heavy (non-hydrogen) atoms. The van der Waals surface area contributed by atoms with E-state index in [9.17, 15) is 8.42 Å². The second kappa shape index (κ2) is 7.73. The van der Waals surface area contributed by atoms with Gasteiger partial charge in [-0.3, -0.25) is 0 Å². The first-order valence-electron chi connectivity index (χ1n) is 6.76. The second-order valence-electron chi connectivity index (χ2n) is 5.22. The van der Waals surface area contributed by atoms with Crippen LogP contribution in [0.5, 0.6) is 0 Å². The Balaban J connectivity index is 2.52. The lowest BCUT2D eigenvalue weighted by atomic mass is 10.1. The first kappa shape index (κ1) is 17.1. The smallest absolute Gasteiger partial charge is 0.240 e. The molecular weight excluding hydrogens is 276 g/mol. The standard InChI is InChI=1S/C14H24N2O3S/c1-11(2)10-19-9-8-16-20(17,18)14-6-4-13(5-7-14)12(3)15/h4-7,11-12,16H,8-10,15H2,1-3H3. The maximum atomic E-state index is 12.0. The highest BCUT2D eigenvalue weighted by Gasteiger charge is 2.13. The van der Waals surface area contributed by atoms with Crippen LogP contribution in [-0.2, 0) is 14.8 Å². The van der Waals surface area contributed by atoms with Gasteiger partial charge in [0.05, 0.1) is 11.5 Å². The predicted molar refractivity (Wildman–Crippen MR) is 79.9 cm³/mol. The largest absolute Gasteiger partial charge is 0.380 e. The molecular formula is C14H24N2O3S. The number of sulfonamides is 1. The van der Waals surface area contributed by atoms with Crippen molar-refractivity contribution in [3.8, 4) is 0 Å². The van der Waals surface area contributed by atoms with Crippen LogP contribution in [-0.4, -0.2) is 28.2 Å². The number of nitrogens with two attached hydrogens (primary N) is 1. The van der Waals surface area contributed by atoms with Gasteiger partial charge >= 0.3 is 0 Å². The summed E-state index contributed by atoms with van der Waals surface area (Å²) < 4.78 is 31.9. The molecule has 3 N–H and O–H groups in total. The fourth-order valence-electron chi connectivity index (χ4n) is 1.60. The minimum absolute atomic E-state index is 0.107. The van der Waals surface area contributed by atoms with Gasteiger partial charge in [-0.2, -0.15) is 0 Å². The van der Waals surface area contributed by atoms with Gasteiger partial charge < -0.3 is 10.5 Å². The van der Waals surface area contributed by atoms with Crippen molar-refractivity contribution >= 4 is 10.0 Å². The minimum atomic E-state index is -3.47. The zero-order valence-corrected chi connectivity index (χ0v) is 13.1. The Morgan fingerprint density at radius 3 is 2.30 bits per heavy atom. The summed E-state index contributed by atoms with van der Waals surface area (Å²) >= 11 is 0. The zero-order valence-electron chi connectivity index (χ0n) is 12.3. The van der Waals surface area contributed by atoms with E-state index in [1.165, 1.54) is 0 Å². The molecule has 0 saturated carbocycles. The molecule has 0 spiro atoms. The SMILES string of the molecule is CC(C)COCCNS(=O)(=O)c1ccc(C(C)N)cc1. The van der Waals surface area contributed by atoms with Crippen molar-refractivity contribution in [3.63, 3.8) is 0 Å². The lowest BCUT2D eigenvalue weighted by Crippen LogP contribution is -2.27. The number of rotatable bonds is 8. The van der Waals surface area contributed by atoms with E-state index in [1.54, 1.807) is 24.3 Å². The van der Waals surface area contributed by atoms with Crippen LogP contribution in [0.4, 0.5) is 0 Å². The van der Waals surface area contributed by atoms with E-state index in [1.807, 2.05) is 20.8 Å². The molecule has 0 aromatic heterocycles. The van der Waals surface area contributed by atoms with E-state index >= 15 is 0 Å². The van der Waals surface area contributed by atoms with Crippen LogP contribution in [0.25, 0.3) is 0 Å². The van der Waals surface area contributed by atoms with E-state index in [2.05, 4.69) is 4.72 Å². The maximum absolute atomic E-state index is 12.0. The van der Waals surface area contributed by atoms with Crippen LogP contribution < -0.4 is 10.5 Å². The van der Waals surface area contributed by atoms with Crippen LogP contribution in [0, 0.1) is 5.92 Å². The number of hydrogen-bond acceptors (Lipinski definition) is 4. The molecule has 0 fully saturated rings. The van der Waals surface area contributed by atoms with Gasteiger partial charge in [0, 0.05) is 19.2 Å². The molecule has 0 aliphatic heterocycles. The van der Waals surface area contributed by atoms with Crippen molar-refractivity contribution in [2.75, 3.05) is 19.8 Å². The Morgan fingerprint density at radius 2 is 1.80 bits per heavy atom. The topological polar surface area (TPSA) is 81.4 Å². The number of ether oxygens (including phenoxy) is 1. The van der Waals surface area contributed by atoms with Gasteiger partial charge in [0.2, 0.25) is 10.0 Å². The molecule has 0 bridgehead atoms.